The van der Waals surface area contributed by atoms with Gasteiger partial charge in [0.25, 0.3) is 11.8 Å². The standard InChI is InChI=1S/C39H40N4O9/c44-32-16-14-30(31-15-17-34(46)43-36(31)32)33(45)23-40-21-18-25-10-12-26(13-11-25)37(48)42-20-5-19-41-35(47)24-52-29-9-4-8-28(22-29)39(51,38(49)50)27-6-2-1-3-7-27/h1-4,6-17,22,33,40,44-45,51H,5,18-21,23-24H2,(H,41,47)(H,42,48)(H,43,46)(H,49,50). The van der Waals surface area contributed by atoms with Crippen molar-refractivity contribution in [3.05, 3.63) is 141 Å². The van der Waals surface area contributed by atoms with Crippen molar-refractivity contribution < 1.29 is 39.5 Å². The molecule has 4 aromatic carbocycles. The molecular formula is C39H40N4O9. The Balaban J connectivity index is 0.983. The Hall–Kier alpha value is -6.02. The molecule has 2 amide bonds. The van der Waals surface area contributed by atoms with Crippen LogP contribution in [0.5, 0.6) is 11.5 Å². The number of pyridine rings is 1. The van der Waals surface area contributed by atoms with Crippen molar-refractivity contribution in [2.45, 2.75) is 24.5 Å². The summed E-state index contributed by atoms with van der Waals surface area (Å²) in [4.78, 5) is 51.2. The third-order valence-corrected chi connectivity index (χ3v) is 8.49. The van der Waals surface area contributed by atoms with Gasteiger partial charge in [-0.25, -0.2) is 4.79 Å². The minimum Gasteiger partial charge on any atom is -0.506 e. The van der Waals surface area contributed by atoms with E-state index in [0.717, 1.165) is 5.56 Å². The SMILES string of the molecule is O=C(COc1cccc(C(O)(C(=O)O)c2ccccc2)c1)NCCCNC(=O)c1ccc(CCNCC(O)c2ccc(O)c3[nH]c(=O)ccc23)cc1. The number of amides is 2. The molecule has 0 saturated carbocycles. The van der Waals surface area contributed by atoms with Gasteiger partial charge in [-0.15, -0.1) is 0 Å². The van der Waals surface area contributed by atoms with Crippen LogP contribution in [0.1, 0.15) is 45.1 Å². The number of aromatic amines is 1. The first kappa shape index (κ1) is 37.2. The third-order valence-electron chi connectivity index (χ3n) is 8.49. The zero-order valence-electron chi connectivity index (χ0n) is 28.2. The Labute approximate surface area is 298 Å². The largest absolute Gasteiger partial charge is 0.506 e. The summed E-state index contributed by atoms with van der Waals surface area (Å²) in [6, 6.07) is 27.1. The number of phenolic OH excluding ortho intramolecular Hbond substituents is 1. The number of aliphatic carboxylic acids is 1. The summed E-state index contributed by atoms with van der Waals surface area (Å²) < 4.78 is 5.54. The molecule has 5 rings (SSSR count). The van der Waals surface area contributed by atoms with E-state index in [4.69, 9.17) is 4.74 Å². The van der Waals surface area contributed by atoms with Gasteiger partial charge in [-0.1, -0.05) is 60.7 Å². The summed E-state index contributed by atoms with van der Waals surface area (Å²) in [6.07, 6.45) is 0.273. The van der Waals surface area contributed by atoms with Gasteiger partial charge in [-0.2, -0.15) is 0 Å². The lowest BCUT2D eigenvalue weighted by Gasteiger charge is -2.25. The van der Waals surface area contributed by atoms with Gasteiger partial charge in [0.1, 0.15) is 11.5 Å². The maximum absolute atomic E-state index is 12.6. The van der Waals surface area contributed by atoms with Gasteiger partial charge < -0.3 is 46.1 Å². The van der Waals surface area contributed by atoms with Crippen LogP contribution in [0.25, 0.3) is 10.9 Å². The highest BCUT2D eigenvalue weighted by molar-refractivity contribution is 5.94. The van der Waals surface area contributed by atoms with E-state index in [0.29, 0.717) is 49.0 Å². The number of hydrogen-bond donors (Lipinski definition) is 8. The molecule has 52 heavy (non-hydrogen) atoms. The van der Waals surface area contributed by atoms with E-state index >= 15 is 0 Å². The molecule has 0 radical (unpaired) electrons. The summed E-state index contributed by atoms with van der Waals surface area (Å²) in [5.74, 6) is -1.95. The number of aromatic nitrogens is 1. The predicted molar refractivity (Wildman–Crippen MR) is 193 cm³/mol. The van der Waals surface area contributed by atoms with Crippen LogP contribution in [-0.4, -0.2) is 76.0 Å². The van der Waals surface area contributed by atoms with Crippen molar-refractivity contribution in [2.24, 2.45) is 0 Å². The van der Waals surface area contributed by atoms with Gasteiger partial charge in [-0.3, -0.25) is 14.4 Å². The van der Waals surface area contributed by atoms with Crippen LogP contribution in [0.15, 0.2) is 108 Å². The number of fused-ring (bicyclic) bond motifs is 1. The Kier molecular flexibility index (Phi) is 12.4. The fourth-order valence-electron chi connectivity index (χ4n) is 5.68. The van der Waals surface area contributed by atoms with Gasteiger partial charge in [0.05, 0.1) is 11.6 Å². The number of aliphatic hydroxyl groups excluding tert-OH is 1. The molecule has 2 atom stereocenters. The third kappa shape index (κ3) is 9.20. The Morgan fingerprint density at radius 3 is 2.31 bits per heavy atom. The number of benzene rings is 4. The average molecular weight is 709 g/mol. The molecule has 0 aliphatic carbocycles. The minimum absolute atomic E-state index is 0.0674. The molecule has 13 nitrogen and oxygen atoms in total. The molecule has 0 saturated heterocycles. The van der Waals surface area contributed by atoms with Gasteiger partial charge >= 0.3 is 5.97 Å². The molecule has 0 spiro atoms. The molecule has 2 unspecified atom stereocenters. The second kappa shape index (κ2) is 17.3. The lowest BCUT2D eigenvalue weighted by molar-refractivity contribution is -0.155. The summed E-state index contributed by atoms with van der Waals surface area (Å²) in [7, 11) is 0. The number of carboxylic acids is 1. The van der Waals surface area contributed by atoms with Crippen LogP contribution in [0.2, 0.25) is 0 Å². The summed E-state index contributed by atoms with van der Waals surface area (Å²) >= 11 is 0. The molecule has 1 heterocycles. The van der Waals surface area contributed by atoms with Crippen molar-refractivity contribution in [3.8, 4) is 11.5 Å². The minimum atomic E-state index is -2.29. The molecule has 5 aromatic rings. The molecule has 0 aliphatic heterocycles. The highest BCUT2D eigenvalue weighted by Crippen LogP contribution is 2.32. The number of aliphatic hydroxyl groups is 2. The van der Waals surface area contributed by atoms with E-state index in [2.05, 4.69) is 20.9 Å². The van der Waals surface area contributed by atoms with Crippen LogP contribution in [0.4, 0.5) is 0 Å². The first-order valence-corrected chi connectivity index (χ1v) is 16.7. The van der Waals surface area contributed by atoms with Gasteiger partial charge in [-0.05, 0) is 72.5 Å². The van der Waals surface area contributed by atoms with Crippen LogP contribution in [0, 0.1) is 0 Å². The number of hydrogen-bond acceptors (Lipinski definition) is 9. The monoisotopic (exact) mass is 708 g/mol. The molecule has 0 aliphatic rings. The van der Waals surface area contributed by atoms with Crippen LogP contribution in [0.3, 0.4) is 0 Å². The number of nitrogens with one attached hydrogen (secondary N) is 4. The number of rotatable bonds is 17. The molecular weight excluding hydrogens is 668 g/mol. The van der Waals surface area contributed by atoms with Crippen molar-refractivity contribution >= 4 is 28.7 Å². The number of phenols is 1. The topological polar surface area (TPSA) is 210 Å². The van der Waals surface area contributed by atoms with E-state index in [1.165, 1.54) is 42.5 Å². The average Bonchev–Trinajstić information content (AvgIpc) is 3.16. The summed E-state index contributed by atoms with van der Waals surface area (Å²) in [5.41, 5.74) is -0.0174. The molecule has 270 valence electrons. The van der Waals surface area contributed by atoms with Gasteiger partial charge in [0, 0.05) is 42.2 Å². The zero-order chi connectivity index (χ0) is 37.1. The number of aromatic hydroxyl groups is 1. The number of carbonyl (C=O) groups is 3. The second-order valence-corrected chi connectivity index (χ2v) is 12.1. The van der Waals surface area contributed by atoms with Crippen molar-refractivity contribution in [2.75, 3.05) is 32.8 Å². The number of carbonyl (C=O) groups excluding carboxylic acids is 2. The molecule has 1 aromatic heterocycles. The summed E-state index contributed by atoms with van der Waals surface area (Å²) in [6.45, 7) is 1.12. The van der Waals surface area contributed by atoms with Crippen molar-refractivity contribution in [3.63, 3.8) is 0 Å². The lowest BCUT2D eigenvalue weighted by Crippen LogP contribution is -2.36. The normalized spacial score (nSPS) is 12.8. The van der Waals surface area contributed by atoms with Gasteiger partial charge in [0.15, 0.2) is 6.61 Å². The fraction of sp³-hybridized carbons (Fsp3) is 0.231. The summed E-state index contributed by atoms with van der Waals surface area (Å²) in [5, 5.41) is 51.0. The quantitative estimate of drug-likeness (QED) is 0.0662. The van der Waals surface area contributed by atoms with E-state index in [-0.39, 0.29) is 52.8 Å². The van der Waals surface area contributed by atoms with E-state index in [1.54, 1.807) is 48.5 Å². The second-order valence-electron chi connectivity index (χ2n) is 12.1. The van der Waals surface area contributed by atoms with Crippen molar-refractivity contribution in [1.82, 2.24) is 20.9 Å². The smallest absolute Gasteiger partial charge is 0.345 e. The number of carboxylic acid groups (broad SMARTS) is 1. The first-order chi connectivity index (χ1) is 25.1. The maximum Gasteiger partial charge on any atom is 0.345 e. The molecule has 8 N–H and O–H groups in total. The molecule has 13 heteroatoms. The number of ether oxygens (including phenoxy) is 1. The van der Waals surface area contributed by atoms with E-state index < -0.39 is 23.6 Å². The van der Waals surface area contributed by atoms with E-state index in [9.17, 15) is 39.6 Å². The molecule has 0 bridgehead atoms. The maximum atomic E-state index is 12.6. The highest BCUT2D eigenvalue weighted by Gasteiger charge is 2.40. The first-order valence-electron chi connectivity index (χ1n) is 16.7. The Bertz CT molecular complexity index is 2070. The fourth-order valence-corrected chi connectivity index (χ4v) is 5.68. The molecule has 0 fully saturated rings. The lowest BCUT2D eigenvalue weighted by atomic mass is 9.86. The van der Waals surface area contributed by atoms with Crippen molar-refractivity contribution in [1.29, 1.82) is 0 Å². The van der Waals surface area contributed by atoms with Gasteiger partial charge in [0.2, 0.25) is 11.2 Å². The Morgan fingerprint density at radius 2 is 1.56 bits per heavy atom. The van der Waals surface area contributed by atoms with Crippen LogP contribution < -0.4 is 26.2 Å². The Morgan fingerprint density at radius 1 is 0.827 bits per heavy atom. The highest BCUT2D eigenvalue weighted by atomic mass is 16.5. The van der Waals surface area contributed by atoms with Crippen LogP contribution in [-0.2, 0) is 21.6 Å². The predicted octanol–water partition coefficient (Wildman–Crippen LogP) is 2.74. The van der Waals surface area contributed by atoms with E-state index in [1.807, 2.05) is 12.1 Å². The number of H-pyrrole nitrogens is 1. The van der Waals surface area contributed by atoms with Crippen LogP contribution >= 0.6 is 0 Å². The zero-order valence-corrected chi connectivity index (χ0v) is 28.2.